The molecule has 0 aromatic carbocycles. The van der Waals surface area contributed by atoms with Crippen LogP contribution in [0.5, 0.6) is 0 Å². The van der Waals surface area contributed by atoms with E-state index in [0.29, 0.717) is 45.1 Å². The molecule has 0 amide bonds. The van der Waals surface area contributed by atoms with Crippen LogP contribution in [0.15, 0.2) is 0 Å². The third-order valence-electron chi connectivity index (χ3n) is 12.5. The molecule has 0 spiro atoms. The Labute approximate surface area is 285 Å². The molecule has 4 aliphatic carbocycles. The molecule has 13 nitrogen and oxygen atoms in total. The molecule has 0 bridgehead atoms. The van der Waals surface area contributed by atoms with Crippen LogP contribution in [0.25, 0.3) is 0 Å². The Morgan fingerprint density at radius 1 is 0.918 bits per heavy atom. The third-order valence-corrected chi connectivity index (χ3v) is 13.3. The van der Waals surface area contributed by atoms with Crippen LogP contribution in [0, 0.1) is 46.3 Å². The van der Waals surface area contributed by atoms with Crippen molar-refractivity contribution >= 4 is 41.5 Å². The number of fused-ring (bicyclic) bond motifs is 5. The molecule has 278 valence electrons. The maximum absolute atomic E-state index is 13.2. The molecule has 0 heterocycles. The lowest BCUT2D eigenvalue weighted by Gasteiger charge is -2.64. The fourth-order valence-corrected chi connectivity index (χ4v) is 10.3. The van der Waals surface area contributed by atoms with Crippen LogP contribution in [0.3, 0.4) is 0 Å². The summed E-state index contributed by atoms with van der Waals surface area (Å²) >= 11 is 0. The maximum Gasteiger partial charge on any atom is 0.367 e. The number of ether oxygens (including phenoxy) is 5. The highest BCUT2D eigenvalue weighted by Crippen LogP contribution is 2.69. The predicted molar refractivity (Wildman–Crippen MR) is 163 cm³/mol. The van der Waals surface area contributed by atoms with Crippen molar-refractivity contribution in [3.8, 4) is 0 Å². The normalized spacial score (nSPS) is 36.1. The van der Waals surface area contributed by atoms with Gasteiger partial charge < -0.3 is 28.2 Å². The first-order chi connectivity index (χ1) is 23.0. The lowest BCUT2D eigenvalue weighted by atomic mass is 9.43. The second-order valence-corrected chi connectivity index (χ2v) is 16.2. The van der Waals surface area contributed by atoms with E-state index in [2.05, 4.69) is 25.5 Å². The molecule has 0 radical (unpaired) electrons. The quantitative estimate of drug-likeness (QED) is 0.0692. The van der Waals surface area contributed by atoms with E-state index in [4.69, 9.17) is 18.9 Å². The summed E-state index contributed by atoms with van der Waals surface area (Å²) in [4.78, 5) is 58.9. The van der Waals surface area contributed by atoms with E-state index in [-0.39, 0.29) is 78.7 Å². The minimum absolute atomic E-state index is 0.0269. The largest absolute Gasteiger partial charge is 0.743 e. The molecule has 11 atom stereocenters. The lowest BCUT2D eigenvalue weighted by molar-refractivity contribution is -0.218. The molecular weight excluding hydrogens is 674 g/mol. The van der Waals surface area contributed by atoms with E-state index in [1.165, 1.54) is 0 Å². The van der Waals surface area contributed by atoms with Crippen molar-refractivity contribution in [2.24, 2.45) is 46.3 Å². The third kappa shape index (κ3) is 8.04. The molecule has 4 fully saturated rings. The fraction of sp³-hybridized carbons (Fsp3) is 0.848. The van der Waals surface area contributed by atoms with Crippen molar-refractivity contribution in [3.05, 3.63) is 0 Å². The first-order valence-corrected chi connectivity index (χ1v) is 18.4. The van der Waals surface area contributed by atoms with Crippen molar-refractivity contribution in [3.63, 3.8) is 0 Å². The summed E-state index contributed by atoms with van der Waals surface area (Å²) < 4.78 is 84.2. The summed E-state index contributed by atoms with van der Waals surface area (Å²) in [5, 5.41) is -4.74. The molecule has 4 aliphatic rings. The number of hydrogen-bond acceptors (Lipinski definition) is 13. The average molecular weight is 722 g/mol. The van der Waals surface area contributed by atoms with Crippen molar-refractivity contribution < 1.29 is 69.4 Å². The average Bonchev–Trinajstić information content (AvgIpc) is 3.40. The van der Waals surface area contributed by atoms with Crippen LogP contribution in [0.4, 0.5) is 8.78 Å². The van der Waals surface area contributed by atoms with Gasteiger partial charge in [0, 0.05) is 24.2 Å². The van der Waals surface area contributed by atoms with Gasteiger partial charge >= 0.3 is 17.2 Å². The van der Waals surface area contributed by atoms with Gasteiger partial charge in [-0.05, 0) is 92.8 Å². The highest BCUT2D eigenvalue weighted by Gasteiger charge is 2.67. The zero-order valence-electron chi connectivity index (χ0n) is 28.1. The van der Waals surface area contributed by atoms with Gasteiger partial charge in [0.15, 0.2) is 16.7 Å². The topological polar surface area (TPSA) is 189 Å². The van der Waals surface area contributed by atoms with Gasteiger partial charge in [-0.3, -0.25) is 24.0 Å². The molecular formula is C33H47F2O13S-. The molecule has 16 heteroatoms. The van der Waals surface area contributed by atoms with Gasteiger partial charge in [-0.15, -0.1) is 0 Å². The first kappa shape index (κ1) is 38.9. The lowest BCUT2D eigenvalue weighted by Crippen LogP contribution is -2.63. The molecule has 4 rings (SSSR count). The summed E-state index contributed by atoms with van der Waals surface area (Å²) in [6.07, 6.45) is 4.38. The van der Waals surface area contributed by atoms with Gasteiger partial charge in [0.2, 0.25) is 0 Å². The van der Waals surface area contributed by atoms with Crippen LogP contribution in [-0.4, -0.2) is 81.1 Å². The molecule has 4 saturated carbocycles. The number of rotatable bonds is 17. The highest BCUT2D eigenvalue weighted by molar-refractivity contribution is 7.86. The summed E-state index contributed by atoms with van der Waals surface area (Å²) in [6.45, 7) is 5.90. The Morgan fingerprint density at radius 3 is 2.24 bits per heavy atom. The molecule has 0 saturated heterocycles. The van der Waals surface area contributed by atoms with Gasteiger partial charge in [0.05, 0.1) is 6.61 Å². The molecule has 0 aliphatic heterocycles. The Kier molecular flexibility index (Phi) is 12.4. The predicted octanol–water partition coefficient (Wildman–Crippen LogP) is 3.91. The Hall–Kier alpha value is -2.88. The minimum atomic E-state index is -5.97. The Morgan fingerprint density at radius 2 is 1.59 bits per heavy atom. The monoisotopic (exact) mass is 721 g/mol. The van der Waals surface area contributed by atoms with Crippen LogP contribution in [0.2, 0.25) is 0 Å². The van der Waals surface area contributed by atoms with Gasteiger partial charge in [-0.2, -0.15) is 8.78 Å². The van der Waals surface area contributed by atoms with Crippen LogP contribution in [-0.2, 0) is 57.8 Å². The van der Waals surface area contributed by atoms with E-state index in [1.54, 1.807) is 0 Å². The second kappa shape index (κ2) is 15.6. The van der Waals surface area contributed by atoms with Crippen molar-refractivity contribution in [1.29, 1.82) is 0 Å². The summed E-state index contributed by atoms with van der Waals surface area (Å²) in [5.41, 5.74) is -0.561. The number of alkyl halides is 2. The molecule has 0 aromatic rings. The molecule has 3 unspecified atom stereocenters. The molecule has 0 N–H and O–H groups in total. The van der Waals surface area contributed by atoms with Gasteiger partial charge in [0.1, 0.15) is 18.3 Å². The van der Waals surface area contributed by atoms with Crippen LogP contribution < -0.4 is 0 Å². The van der Waals surface area contributed by atoms with Crippen molar-refractivity contribution in [2.75, 3.05) is 13.2 Å². The number of esters is 2. The van der Waals surface area contributed by atoms with Gasteiger partial charge in [-0.1, -0.05) is 20.8 Å². The molecule has 0 aromatic heterocycles. The molecule has 49 heavy (non-hydrogen) atoms. The summed E-state index contributed by atoms with van der Waals surface area (Å²) in [6, 6.07) is 0. The van der Waals surface area contributed by atoms with Gasteiger partial charge in [-0.25, -0.2) is 8.42 Å². The minimum Gasteiger partial charge on any atom is -0.743 e. The number of carbonyl (C=O) groups excluding carboxylic acids is 5. The van der Waals surface area contributed by atoms with Crippen molar-refractivity contribution in [1.82, 2.24) is 0 Å². The van der Waals surface area contributed by atoms with Crippen molar-refractivity contribution in [2.45, 2.75) is 115 Å². The zero-order chi connectivity index (χ0) is 36.2. The van der Waals surface area contributed by atoms with Crippen LogP contribution >= 0.6 is 0 Å². The van der Waals surface area contributed by atoms with Crippen LogP contribution in [0.1, 0.15) is 91.4 Å². The van der Waals surface area contributed by atoms with Gasteiger partial charge in [0.25, 0.3) is 19.4 Å². The summed E-state index contributed by atoms with van der Waals surface area (Å²) in [7, 11) is -5.97. The Bertz CT molecular complexity index is 1330. The van der Waals surface area contributed by atoms with E-state index in [0.717, 1.165) is 25.7 Å². The highest BCUT2D eigenvalue weighted by atomic mass is 32.2. The maximum atomic E-state index is 13.2. The second-order valence-electron chi connectivity index (χ2n) is 14.7. The zero-order valence-corrected chi connectivity index (χ0v) is 28.9. The van der Waals surface area contributed by atoms with E-state index in [9.17, 15) is 45.7 Å². The number of halogens is 2. The number of carbonyl (C=O) groups is 5. The SMILES string of the molecule is C[C@H](CCC(=O)OCCCC(=O)OCC(F)(F)S(=O)(=O)[O-])[C@H]1CC[C@H]2[C@@H]3C(OC=O)C[C@@H]4CC(OC=O)CC[C@]4(C)[C@H]3CC(OC=O)[C@]12C. The van der Waals surface area contributed by atoms with E-state index in [1.807, 2.05) is 0 Å². The smallest absolute Gasteiger partial charge is 0.367 e. The standard InChI is InChI=1S/C33H48F2O13S/c1-20(6-9-29(40)44-12-4-5-28(39)45-16-33(34,35)49(41,42)43)23-7-8-24-30-25(15-27(48-19-38)32(23,24)3)31(2)11-10-22(46-17-36)13-21(31)14-26(30)47-18-37/h17-27,30H,4-16H2,1-3H3,(H,41,42,43)/p-1/t20-,21+,22?,23-,24+,25+,26?,27?,30+,31+,32-/m1/s1. The van der Waals surface area contributed by atoms with E-state index >= 15 is 0 Å². The fourth-order valence-electron chi connectivity index (χ4n) is 10.1. The number of hydrogen-bond donors (Lipinski definition) is 0. The van der Waals surface area contributed by atoms with E-state index < -0.39 is 45.8 Å². The first-order valence-electron chi connectivity index (χ1n) is 16.9. The summed E-state index contributed by atoms with van der Waals surface area (Å²) in [5.74, 6) is -1.14. The Balaban J connectivity index is 1.36.